The summed E-state index contributed by atoms with van der Waals surface area (Å²) in [7, 11) is 1.59. The lowest BCUT2D eigenvalue weighted by Crippen LogP contribution is -2.32. The van der Waals surface area contributed by atoms with Gasteiger partial charge in [-0.25, -0.2) is 4.90 Å². The molecule has 5 heteroatoms. The maximum absolute atomic E-state index is 13.6. The minimum Gasteiger partial charge on any atom is -0.497 e. The van der Waals surface area contributed by atoms with Crippen LogP contribution < -0.4 is 15.0 Å². The third-order valence-electron chi connectivity index (χ3n) is 5.74. The van der Waals surface area contributed by atoms with Gasteiger partial charge in [-0.05, 0) is 65.4 Å². The highest BCUT2D eigenvalue weighted by molar-refractivity contribution is 6.46. The number of nitrogens with zero attached hydrogens (tertiary/aromatic N) is 1. The molecule has 0 atom stereocenters. The van der Waals surface area contributed by atoms with Gasteiger partial charge in [-0.2, -0.15) is 0 Å². The van der Waals surface area contributed by atoms with Crippen LogP contribution >= 0.6 is 0 Å². The van der Waals surface area contributed by atoms with Gasteiger partial charge in [0.15, 0.2) is 0 Å². The lowest BCUT2D eigenvalue weighted by molar-refractivity contribution is -0.120. The van der Waals surface area contributed by atoms with Crippen molar-refractivity contribution in [3.8, 4) is 5.75 Å². The van der Waals surface area contributed by atoms with Crippen LogP contribution in [0.2, 0.25) is 0 Å². The third kappa shape index (κ3) is 4.40. The van der Waals surface area contributed by atoms with E-state index in [2.05, 4.69) is 26.1 Å². The van der Waals surface area contributed by atoms with Crippen LogP contribution in [0.4, 0.5) is 11.4 Å². The lowest BCUT2D eigenvalue weighted by Gasteiger charge is -2.21. The predicted octanol–water partition coefficient (Wildman–Crippen LogP) is 5.70. The predicted molar refractivity (Wildman–Crippen MR) is 132 cm³/mol. The van der Waals surface area contributed by atoms with E-state index in [9.17, 15) is 9.59 Å². The number of amides is 2. The molecule has 0 aliphatic carbocycles. The van der Waals surface area contributed by atoms with Crippen molar-refractivity contribution in [2.24, 2.45) is 0 Å². The lowest BCUT2D eigenvalue weighted by atomic mass is 9.87. The van der Waals surface area contributed by atoms with Crippen LogP contribution in [0.25, 0.3) is 5.57 Å². The molecule has 168 valence electrons. The van der Waals surface area contributed by atoms with Crippen LogP contribution in [0.1, 0.15) is 37.5 Å². The van der Waals surface area contributed by atoms with Gasteiger partial charge in [0.25, 0.3) is 11.8 Å². The van der Waals surface area contributed by atoms with Gasteiger partial charge in [0.05, 0.1) is 18.4 Å². The Balaban J connectivity index is 1.78. The number of imide groups is 1. The highest BCUT2D eigenvalue weighted by Crippen LogP contribution is 2.35. The van der Waals surface area contributed by atoms with Crippen molar-refractivity contribution in [1.29, 1.82) is 0 Å². The molecular formula is C28H28N2O3. The number of methoxy groups -OCH3 is 1. The number of hydrogen-bond acceptors (Lipinski definition) is 4. The van der Waals surface area contributed by atoms with Crippen LogP contribution in [0, 0.1) is 6.92 Å². The second-order valence-electron chi connectivity index (χ2n) is 9.22. The van der Waals surface area contributed by atoms with E-state index in [0.717, 1.165) is 16.8 Å². The molecule has 3 aromatic carbocycles. The van der Waals surface area contributed by atoms with Gasteiger partial charge in [-0.3, -0.25) is 9.59 Å². The molecule has 1 heterocycles. The second kappa shape index (κ2) is 8.58. The first-order chi connectivity index (χ1) is 15.7. The molecule has 5 nitrogen and oxygen atoms in total. The summed E-state index contributed by atoms with van der Waals surface area (Å²) in [6.45, 7) is 8.36. The topological polar surface area (TPSA) is 58.6 Å². The van der Waals surface area contributed by atoms with Crippen molar-refractivity contribution in [3.63, 3.8) is 0 Å². The summed E-state index contributed by atoms with van der Waals surface area (Å²) >= 11 is 0. The summed E-state index contributed by atoms with van der Waals surface area (Å²) in [5.41, 5.74) is 4.71. The van der Waals surface area contributed by atoms with E-state index in [4.69, 9.17) is 4.74 Å². The van der Waals surface area contributed by atoms with Crippen molar-refractivity contribution in [3.05, 3.63) is 95.2 Å². The van der Waals surface area contributed by atoms with Gasteiger partial charge < -0.3 is 10.1 Å². The van der Waals surface area contributed by atoms with E-state index < -0.39 is 0 Å². The number of nitrogens with one attached hydrogen (secondary N) is 1. The SMILES string of the molecule is COc1ccc(C2=C(Nc3cccc(C)c3)C(=O)N(c3ccc(C(C)(C)C)cc3)C2=O)cc1. The third-order valence-corrected chi connectivity index (χ3v) is 5.74. The summed E-state index contributed by atoms with van der Waals surface area (Å²) in [5, 5.41) is 3.21. The zero-order valence-corrected chi connectivity index (χ0v) is 19.6. The molecule has 33 heavy (non-hydrogen) atoms. The van der Waals surface area contributed by atoms with Crippen LogP contribution in [0.3, 0.4) is 0 Å². The Hall–Kier alpha value is -3.86. The minimum absolute atomic E-state index is 0.0258. The Labute approximate surface area is 194 Å². The normalized spacial score (nSPS) is 14.2. The monoisotopic (exact) mass is 440 g/mol. The number of hydrogen-bond donors (Lipinski definition) is 1. The zero-order valence-electron chi connectivity index (χ0n) is 19.6. The van der Waals surface area contributed by atoms with Gasteiger partial charge >= 0.3 is 0 Å². The Kier molecular flexibility index (Phi) is 5.81. The molecule has 1 N–H and O–H groups in total. The number of carbonyl (C=O) groups excluding carboxylic acids is 2. The van der Waals surface area contributed by atoms with Crippen LogP contribution in [0.5, 0.6) is 5.75 Å². The maximum atomic E-state index is 13.6. The quantitative estimate of drug-likeness (QED) is 0.517. The molecule has 0 spiro atoms. The van der Waals surface area contributed by atoms with Crippen LogP contribution in [-0.4, -0.2) is 18.9 Å². The Bertz CT molecular complexity index is 1230. The van der Waals surface area contributed by atoms with Crippen molar-refractivity contribution < 1.29 is 14.3 Å². The average molecular weight is 441 g/mol. The van der Waals surface area contributed by atoms with E-state index >= 15 is 0 Å². The summed E-state index contributed by atoms with van der Waals surface area (Å²) < 4.78 is 5.25. The molecule has 0 unspecified atom stereocenters. The van der Waals surface area contributed by atoms with E-state index in [1.165, 1.54) is 4.90 Å². The molecule has 0 radical (unpaired) electrons. The summed E-state index contributed by atoms with van der Waals surface area (Å²) in [6.07, 6.45) is 0. The molecule has 4 rings (SSSR count). The fourth-order valence-corrected chi connectivity index (χ4v) is 3.88. The second-order valence-corrected chi connectivity index (χ2v) is 9.22. The molecular weight excluding hydrogens is 412 g/mol. The molecule has 0 saturated carbocycles. The summed E-state index contributed by atoms with van der Waals surface area (Å²) in [5.74, 6) is -0.0568. The number of ether oxygens (including phenoxy) is 1. The number of carbonyl (C=O) groups is 2. The highest BCUT2D eigenvalue weighted by Gasteiger charge is 2.40. The van der Waals surface area contributed by atoms with E-state index in [1.807, 2.05) is 55.5 Å². The van der Waals surface area contributed by atoms with Crippen molar-refractivity contribution in [1.82, 2.24) is 0 Å². The van der Waals surface area contributed by atoms with Gasteiger partial charge in [0.2, 0.25) is 0 Å². The molecule has 2 amide bonds. The number of anilines is 2. The van der Waals surface area contributed by atoms with Gasteiger partial charge in [-0.15, -0.1) is 0 Å². The smallest absolute Gasteiger partial charge is 0.282 e. The molecule has 0 bridgehead atoms. The first-order valence-corrected chi connectivity index (χ1v) is 10.9. The standard InChI is InChI=1S/C28H28N2O3/c1-18-7-6-8-21(17-18)29-25-24(19-9-15-23(33-5)16-10-19)26(31)30(27(25)32)22-13-11-20(12-14-22)28(2,3)4/h6-17,29H,1-5H3. The van der Waals surface area contributed by atoms with Crippen LogP contribution in [0.15, 0.2) is 78.5 Å². The molecule has 1 aliphatic heterocycles. The Morgan fingerprint density at radius 1 is 0.848 bits per heavy atom. The molecule has 0 saturated heterocycles. The Morgan fingerprint density at radius 3 is 2.09 bits per heavy atom. The molecule has 0 fully saturated rings. The average Bonchev–Trinajstić information content (AvgIpc) is 3.02. The number of benzene rings is 3. The zero-order chi connectivity index (χ0) is 23.8. The summed E-state index contributed by atoms with van der Waals surface area (Å²) in [6, 6.07) is 22.5. The van der Waals surface area contributed by atoms with E-state index in [1.54, 1.807) is 31.4 Å². The Morgan fingerprint density at radius 2 is 1.52 bits per heavy atom. The minimum atomic E-state index is -0.379. The van der Waals surface area contributed by atoms with Gasteiger partial charge in [0.1, 0.15) is 11.4 Å². The van der Waals surface area contributed by atoms with E-state index in [0.29, 0.717) is 22.6 Å². The fraction of sp³-hybridized carbons (Fsp3) is 0.214. The highest BCUT2D eigenvalue weighted by atomic mass is 16.5. The molecule has 3 aromatic rings. The summed E-state index contributed by atoms with van der Waals surface area (Å²) in [4.78, 5) is 28.4. The maximum Gasteiger partial charge on any atom is 0.282 e. The largest absolute Gasteiger partial charge is 0.497 e. The number of aryl methyl sites for hydroxylation is 1. The fourth-order valence-electron chi connectivity index (χ4n) is 3.88. The molecule has 1 aliphatic rings. The van der Waals surface area contributed by atoms with Gasteiger partial charge in [0, 0.05) is 5.69 Å². The first-order valence-electron chi connectivity index (χ1n) is 10.9. The van der Waals surface area contributed by atoms with Crippen molar-refractivity contribution in [2.45, 2.75) is 33.1 Å². The van der Waals surface area contributed by atoms with Gasteiger partial charge in [-0.1, -0.05) is 57.2 Å². The van der Waals surface area contributed by atoms with Crippen molar-refractivity contribution >= 4 is 28.8 Å². The van der Waals surface area contributed by atoms with E-state index in [-0.39, 0.29) is 22.9 Å². The first kappa shape index (κ1) is 22.3. The molecule has 0 aromatic heterocycles. The van der Waals surface area contributed by atoms with Crippen molar-refractivity contribution in [2.75, 3.05) is 17.3 Å². The van der Waals surface area contributed by atoms with Crippen LogP contribution in [-0.2, 0) is 15.0 Å². The number of rotatable bonds is 5.